The Morgan fingerprint density at radius 3 is 2.21 bits per heavy atom. The molecule has 6 heterocycles. The topological polar surface area (TPSA) is 372 Å². The summed E-state index contributed by atoms with van der Waals surface area (Å²) in [5, 5.41) is 142. The van der Waals surface area contributed by atoms with Crippen LogP contribution in [0.3, 0.4) is 0 Å². The minimum absolute atomic E-state index is 0.0526. The van der Waals surface area contributed by atoms with Crippen molar-refractivity contribution in [3.05, 3.63) is 22.8 Å². The first-order valence-corrected chi connectivity index (χ1v) is 24.8. The van der Waals surface area contributed by atoms with E-state index in [0.717, 1.165) is 11.1 Å². The van der Waals surface area contributed by atoms with Gasteiger partial charge in [0.1, 0.15) is 78.8 Å². The molecule has 24 heteroatoms. The molecule has 0 amide bonds. The van der Waals surface area contributed by atoms with Crippen LogP contribution in [-0.4, -0.2) is 246 Å². The highest BCUT2D eigenvalue weighted by atomic mass is 16.8. The van der Waals surface area contributed by atoms with Gasteiger partial charge >= 0.3 is 0 Å². The van der Waals surface area contributed by atoms with E-state index < -0.39 is 190 Å². The number of carbonyl (C=O) groups is 1. The van der Waals surface area contributed by atoms with Gasteiger partial charge in [0.25, 0.3) is 0 Å². The Morgan fingerprint density at radius 2 is 1.49 bits per heavy atom. The molecule has 71 heavy (non-hydrogen) atoms. The van der Waals surface area contributed by atoms with Crippen LogP contribution in [0.15, 0.2) is 22.8 Å². The zero-order chi connectivity index (χ0) is 50.8. The first-order chi connectivity index (χ1) is 33.7. The van der Waals surface area contributed by atoms with E-state index in [0.29, 0.717) is 31.3 Å². The van der Waals surface area contributed by atoms with Gasteiger partial charge in [-0.2, -0.15) is 0 Å². The van der Waals surface area contributed by atoms with Crippen molar-refractivity contribution in [2.75, 3.05) is 39.6 Å². The molecule has 0 bridgehead atoms. The van der Waals surface area contributed by atoms with Crippen LogP contribution in [0.4, 0.5) is 0 Å². The van der Waals surface area contributed by atoms with Gasteiger partial charge in [-0.15, -0.1) is 0 Å². The molecule has 0 aromatic heterocycles. The zero-order valence-corrected chi connectivity index (χ0v) is 39.6. The lowest BCUT2D eigenvalue weighted by Gasteiger charge is -2.56. The number of fused-ring (bicyclic) bond motifs is 6. The van der Waals surface area contributed by atoms with Gasteiger partial charge in [-0.05, 0) is 44.4 Å². The SMILES string of the molecule is C[C@@H]1O[C@@H](O[C@H]2[C@H](O[C@@H]3C[C@H](O)CC4=CC[C@H]5C6=C(CC[C@@H]5[C@]43C)[C@@H]3[C@@H](O[C@@]4(OC[C@H](C)[C@H](O)[C@@H]4O)[C@H]3CO)C6=O)OC[C@H](O[C@@H]3OC[C@@H](O)[C@H](O)[C@H]3O)[C@@H]2O)[C@H](O)[C@H](O[C@@H]2OC[C@](O)(CO)[C@H]2O)[C@H]1O. The summed E-state index contributed by atoms with van der Waals surface area (Å²) in [7, 11) is 0. The number of ether oxygens (including phenoxy) is 10. The average molecular weight is 1020 g/mol. The second-order valence-corrected chi connectivity index (χ2v) is 21.7. The molecule has 0 aromatic carbocycles. The number of hydrogen-bond donors (Lipinski definition) is 13. The van der Waals surface area contributed by atoms with Crippen molar-refractivity contribution < 1.29 is 119 Å². The Balaban J connectivity index is 0.929. The minimum Gasteiger partial charge on any atom is -0.396 e. The molecule has 1 saturated carbocycles. The molecule has 7 fully saturated rings. The number of carbonyl (C=O) groups excluding carboxylic acids is 1. The van der Waals surface area contributed by atoms with Gasteiger partial charge in [-0.3, -0.25) is 4.79 Å². The fraction of sp³-hybridized carbons (Fsp3) is 0.894. The zero-order valence-electron chi connectivity index (χ0n) is 39.6. The van der Waals surface area contributed by atoms with Crippen LogP contribution < -0.4 is 0 Å². The Labute approximate surface area is 408 Å². The lowest BCUT2D eigenvalue weighted by atomic mass is 9.51. The van der Waals surface area contributed by atoms with Gasteiger partial charge in [0.2, 0.25) is 5.79 Å². The Bertz CT molecular complexity index is 2030. The molecule has 10 aliphatic rings. The second-order valence-electron chi connectivity index (χ2n) is 21.7. The molecule has 24 nitrogen and oxygen atoms in total. The summed E-state index contributed by atoms with van der Waals surface area (Å²) in [6.45, 7) is 2.47. The van der Waals surface area contributed by atoms with Crippen molar-refractivity contribution in [2.24, 2.45) is 35.0 Å². The maximum absolute atomic E-state index is 14.7. The van der Waals surface area contributed by atoms with Gasteiger partial charge in [0.15, 0.2) is 30.9 Å². The van der Waals surface area contributed by atoms with E-state index >= 15 is 0 Å². The summed E-state index contributed by atoms with van der Waals surface area (Å²) < 4.78 is 60.5. The van der Waals surface area contributed by atoms with Gasteiger partial charge in [-0.25, -0.2) is 0 Å². The third-order valence-electron chi connectivity index (χ3n) is 17.6. The molecule has 6 aliphatic heterocycles. The Morgan fingerprint density at radius 1 is 0.761 bits per heavy atom. The quantitative estimate of drug-likeness (QED) is 0.0909. The number of aliphatic hydroxyl groups excluding tert-OH is 12. The van der Waals surface area contributed by atoms with E-state index in [-0.39, 0.29) is 30.6 Å². The van der Waals surface area contributed by atoms with Gasteiger partial charge < -0.3 is 114 Å². The van der Waals surface area contributed by atoms with E-state index in [9.17, 15) is 71.2 Å². The number of aliphatic hydroxyl groups is 13. The van der Waals surface area contributed by atoms with Crippen LogP contribution in [0.5, 0.6) is 0 Å². The monoisotopic (exact) mass is 1020 g/mol. The molecule has 0 radical (unpaired) electrons. The van der Waals surface area contributed by atoms with Gasteiger partial charge in [-0.1, -0.05) is 31.1 Å². The summed E-state index contributed by atoms with van der Waals surface area (Å²) in [6.07, 6.45) is -25.9. The molecular weight excluding hydrogens is 948 g/mol. The van der Waals surface area contributed by atoms with Crippen molar-refractivity contribution in [1.29, 1.82) is 0 Å². The summed E-state index contributed by atoms with van der Waals surface area (Å²) in [5.41, 5.74) is -0.722. The first kappa shape index (κ1) is 52.7. The van der Waals surface area contributed by atoms with Crippen LogP contribution >= 0.6 is 0 Å². The fourth-order valence-corrected chi connectivity index (χ4v) is 13.4. The van der Waals surface area contributed by atoms with Crippen molar-refractivity contribution >= 4 is 5.78 Å². The standard InChI is InChI=1S/C47H70O24/c1-16-11-65-47(39(59)29(16)52)23(10-48)28-21-6-7-22-20(27(21)33(56)36(28)71-47)5-4-18-8-19(50)9-26(45(18,22)3)68-43-38(32(55)25(13-63-43)67-41-34(57)31(54)24(51)12-62-41)70-42-35(58)37(30(53)17(2)66-42)69-44-40(60)46(61,14-49)15-64-44/h4,16-17,19-20,22-26,28-32,34-44,48-55,57-61H,5-15H2,1-3H3/t16-,17-,19+,20+,22-,23-,24+,25-,26+,28-,29-,30-,31-,32-,34+,35+,36+,37+,38+,39-,40-,41-,42-,43-,44-,45-,46+,47-/m0/s1. The predicted octanol–water partition coefficient (Wildman–Crippen LogP) is -5.30. The molecule has 402 valence electrons. The van der Waals surface area contributed by atoms with Crippen molar-refractivity contribution in [3.8, 4) is 0 Å². The lowest BCUT2D eigenvalue weighted by Crippen LogP contribution is -2.65. The largest absolute Gasteiger partial charge is 0.396 e. The van der Waals surface area contributed by atoms with Crippen LogP contribution in [0.1, 0.15) is 52.9 Å². The molecule has 13 N–H and O–H groups in total. The van der Waals surface area contributed by atoms with Crippen LogP contribution in [0.2, 0.25) is 0 Å². The molecule has 1 spiro atoms. The molecule has 4 aliphatic carbocycles. The van der Waals surface area contributed by atoms with Gasteiger partial charge in [0.05, 0.1) is 64.1 Å². The summed E-state index contributed by atoms with van der Waals surface area (Å²) >= 11 is 0. The average Bonchev–Trinajstić information content (AvgIpc) is 3.94. The highest BCUT2D eigenvalue weighted by molar-refractivity contribution is 6.04. The number of allylic oxidation sites excluding steroid dienone is 1. The number of rotatable bonds is 10. The van der Waals surface area contributed by atoms with Gasteiger partial charge in [0, 0.05) is 35.2 Å². The maximum Gasteiger partial charge on any atom is 0.203 e. The predicted molar refractivity (Wildman–Crippen MR) is 230 cm³/mol. The van der Waals surface area contributed by atoms with Crippen LogP contribution in [0, 0.1) is 35.0 Å². The van der Waals surface area contributed by atoms with E-state index in [1.165, 1.54) is 6.92 Å². The van der Waals surface area contributed by atoms with E-state index in [4.69, 9.17) is 47.4 Å². The van der Waals surface area contributed by atoms with Crippen molar-refractivity contribution in [1.82, 2.24) is 0 Å². The molecule has 0 aromatic rings. The summed E-state index contributed by atoms with van der Waals surface area (Å²) in [5.74, 6) is -4.56. The van der Waals surface area contributed by atoms with Crippen LogP contribution in [-0.2, 0) is 52.2 Å². The first-order valence-electron chi connectivity index (χ1n) is 24.8. The maximum atomic E-state index is 14.7. The van der Waals surface area contributed by atoms with E-state index in [2.05, 4.69) is 0 Å². The van der Waals surface area contributed by atoms with E-state index in [1.54, 1.807) is 6.92 Å². The second kappa shape index (κ2) is 19.7. The highest BCUT2D eigenvalue weighted by Crippen LogP contribution is 2.64. The molecule has 10 rings (SSSR count). The lowest BCUT2D eigenvalue weighted by molar-refractivity contribution is -0.381. The fourth-order valence-electron chi connectivity index (χ4n) is 13.4. The third kappa shape index (κ3) is 8.45. The normalized spacial score (nSPS) is 55.2. The van der Waals surface area contributed by atoms with E-state index in [1.807, 2.05) is 13.0 Å². The number of Topliss-reactive ketones (excluding diaryl/α,β-unsaturated/α-hetero) is 1. The Hall–Kier alpha value is -1.77. The Kier molecular flexibility index (Phi) is 14.6. The molecule has 6 saturated heterocycles. The molecule has 28 atom stereocenters. The van der Waals surface area contributed by atoms with Crippen molar-refractivity contribution in [3.63, 3.8) is 0 Å². The summed E-state index contributed by atoms with van der Waals surface area (Å²) in [4.78, 5) is 14.7. The third-order valence-corrected chi connectivity index (χ3v) is 17.6. The van der Waals surface area contributed by atoms with Crippen molar-refractivity contribution in [2.45, 2.75) is 187 Å². The number of hydrogen-bond acceptors (Lipinski definition) is 24. The minimum atomic E-state index is -2.10. The number of ketones is 1. The smallest absolute Gasteiger partial charge is 0.203 e. The molecule has 0 unspecified atom stereocenters. The summed E-state index contributed by atoms with van der Waals surface area (Å²) in [6, 6.07) is 0. The molecular formula is C47H70O24. The highest BCUT2D eigenvalue weighted by Gasteiger charge is 2.69. The van der Waals surface area contributed by atoms with Crippen LogP contribution in [0.25, 0.3) is 0 Å².